The molecule has 0 fully saturated rings. The summed E-state index contributed by atoms with van der Waals surface area (Å²) in [7, 11) is 2.22. The van der Waals surface area contributed by atoms with E-state index >= 15 is 0 Å². The van der Waals surface area contributed by atoms with Crippen molar-refractivity contribution in [3.05, 3.63) is 35.4 Å². The van der Waals surface area contributed by atoms with Crippen molar-refractivity contribution in [1.82, 2.24) is 10.2 Å². The van der Waals surface area contributed by atoms with Crippen LogP contribution in [0.1, 0.15) is 50.7 Å². The van der Waals surface area contributed by atoms with E-state index in [0.29, 0.717) is 6.04 Å². The predicted octanol–water partition coefficient (Wildman–Crippen LogP) is 3.99. The minimum Gasteiger partial charge on any atom is -0.314 e. The van der Waals surface area contributed by atoms with E-state index < -0.39 is 0 Å². The zero-order valence-electron chi connectivity index (χ0n) is 13.8. The Kier molecular flexibility index (Phi) is 8.56. The Bertz CT molecular complexity index is 362. The van der Waals surface area contributed by atoms with Gasteiger partial charge >= 0.3 is 0 Å². The first-order chi connectivity index (χ1) is 9.65. The third-order valence-corrected chi connectivity index (χ3v) is 3.80. The molecule has 20 heavy (non-hydrogen) atoms. The van der Waals surface area contributed by atoms with Crippen LogP contribution < -0.4 is 5.32 Å². The van der Waals surface area contributed by atoms with Crippen molar-refractivity contribution in [3.8, 4) is 0 Å². The fourth-order valence-electron chi connectivity index (χ4n) is 2.61. The number of rotatable bonds is 10. The van der Waals surface area contributed by atoms with Gasteiger partial charge in [0.25, 0.3) is 0 Å². The highest BCUT2D eigenvalue weighted by Gasteiger charge is 2.06. The molecule has 0 amide bonds. The van der Waals surface area contributed by atoms with Crippen molar-refractivity contribution in [2.24, 2.45) is 0 Å². The summed E-state index contributed by atoms with van der Waals surface area (Å²) in [5, 5.41) is 3.63. The molecule has 114 valence electrons. The summed E-state index contributed by atoms with van der Waals surface area (Å²) in [6.45, 7) is 10.1. The van der Waals surface area contributed by atoms with Gasteiger partial charge in [-0.1, -0.05) is 43.7 Å². The molecular weight excluding hydrogens is 244 g/mol. The van der Waals surface area contributed by atoms with E-state index in [4.69, 9.17) is 0 Å². The summed E-state index contributed by atoms with van der Waals surface area (Å²) in [4.78, 5) is 2.43. The Morgan fingerprint density at radius 1 is 1.25 bits per heavy atom. The fourth-order valence-corrected chi connectivity index (χ4v) is 2.61. The van der Waals surface area contributed by atoms with Crippen LogP contribution in [-0.4, -0.2) is 31.1 Å². The maximum Gasteiger partial charge on any atom is 0.0230 e. The van der Waals surface area contributed by atoms with E-state index in [-0.39, 0.29) is 0 Å². The highest BCUT2D eigenvalue weighted by atomic mass is 15.1. The largest absolute Gasteiger partial charge is 0.314 e. The summed E-state index contributed by atoms with van der Waals surface area (Å²) >= 11 is 0. The van der Waals surface area contributed by atoms with Crippen molar-refractivity contribution in [2.75, 3.05) is 20.1 Å². The van der Waals surface area contributed by atoms with E-state index in [1.807, 2.05) is 0 Å². The molecule has 1 aromatic carbocycles. The molecule has 0 spiro atoms. The van der Waals surface area contributed by atoms with E-state index in [9.17, 15) is 0 Å². The van der Waals surface area contributed by atoms with Crippen molar-refractivity contribution in [3.63, 3.8) is 0 Å². The van der Waals surface area contributed by atoms with Crippen LogP contribution in [0.25, 0.3) is 0 Å². The van der Waals surface area contributed by atoms with E-state index in [1.54, 1.807) is 0 Å². The Balaban J connectivity index is 2.23. The van der Waals surface area contributed by atoms with Gasteiger partial charge in [-0.2, -0.15) is 0 Å². The van der Waals surface area contributed by atoms with Gasteiger partial charge in [0.1, 0.15) is 0 Å². The molecule has 0 aromatic heterocycles. The predicted molar refractivity (Wildman–Crippen MR) is 89.1 cm³/mol. The molecule has 0 aliphatic heterocycles. The maximum atomic E-state index is 3.63. The zero-order valence-corrected chi connectivity index (χ0v) is 13.8. The standard InChI is InChI=1S/C18H32N2/c1-5-12-19-18(6-2)11-8-13-20(4)15-17-10-7-9-16(3)14-17/h7,9-10,14,18-19H,5-6,8,11-13,15H2,1-4H3. The molecule has 0 bridgehead atoms. The minimum atomic E-state index is 0.697. The molecule has 1 atom stereocenters. The second-order valence-electron chi connectivity index (χ2n) is 5.93. The van der Waals surface area contributed by atoms with Crippen LogP contribution in [0.15, 0.2) is 24.3 Å². The highest BCUT2D eigenvalue weighted by Crippen LogP contribution is 2.08. The van der Waals surface area contributed by atoms with Crippen LogP contribution >= 0.6 is 0 Å². The van der Waals surface area contributed by atoms with Gasteiger partial charge in [0.2, 0.25) is 0 Å². The highest BCUT2D eigenvalue weighted by molar-refractivity contribution is 5.21. The Hall–Kier alpha value is -0.860. The number of nitrogens with one attached hydrogen (secondary N) is 1. The molecule has 1 rings (SSSR count). The molecule has 2 heteroatoms. The van der Waals surface area contributed by atoms with Gasteiger partial charge in [-0.25, -0.2) is 0 Å². The van der Waals surface area contributed by atoms with Gasteiger partial charge in [-0.3, -0.25) is 0 Å². The van der Waals surface area contributed by atoms with Crippen LogP contribution in [0.4, 0.5) is 0 Å². The van der Waals surface area contributed by atoms with Gasteiger partial charge < -0.3 is 10.2 Å². The maximum absolute atomic E-state index is 3.63. The van der Waals surface area contributed by atoms with E-state index in [1.165, 1.54) is 43.4 Å². The lowest BCUT2D eigenvalue weighted by molar-refractivity contribution is 0.307. The first kappa shape index (κ1) is 17.2. The van der Waals surface area contributed by atoms with Crippen LogP contribution in [0.2, 0.25) is 0 Å². The number of hydrogen-bond donors (Lipinski definition) is 1. The van der Waals surface area contributed by atoms with Crippen LogP contribution in [0, 0.1) is 6.92 Å². The Morgan fingerprint density at radius 2 is 2.05 bits per heavy atom. The normalized spacial score (nSPS) is 12.8. The smallest absolute Gasteiger partial charge is 0.0230 e. The first-order valence-electron chi connectivity index (χ1n) is 8.13. The summed E-state index contributed by atoms with van der Waals surface area (Å²) in [5.41, 5.74) is 2.77. The molecule has 0 aliphatic rings. The third kappa shape index (κ3) is 7.06. The molecule has 1 aromatic rings. The van der Waals surface area contributed by atoms with Crippen molar-refractivity contribution < 1.29 is 0 Å². The van der Waals surface area contributed by atoms with Crippen molar-refractivity contribution in [1.29, 1.82) is 0 Å². The lowest BCUT2D eigenvalue weighted by Gasteiger charge is -2.20. The van der Waals surface area contributed by atoms with Crippen LogP contribution in [0.5, 0.6) is 0 Å². The first-order valence-corrected chi connectivity index (χ1v) is 8.13. The van der Waals surface area contributed by atoms with E-state index in [0.717, 1.165) is 13.1 Å². The molecule has 0 heterocycles. The van der Waals surface area contributed by atoms with Crippen molar-refractivity contribution in [2.45, 2.75) is 59.0 Å². The number of nitrogens with zero attached hydrogens (tertiary/aromatic N) is 1. The third-order valence-electron chi connectivity index (χ3n) is 3.80. The summed E-state index contributed by atoms with van der Waals surface area (Å²) < 4.78 is 0. The lowest BCUT2D eigenvalue weighted by atomic mass is 10.1. The number of hydrogen-bond acceptors (Lipinski definition) is 2. The summed E-state index contributed by atoms with van der Waals surface area (Å²) in [6.07, 6.45) is 5.03. The van der Waals surface area contributed by atoms with Gasteiger partial charge in [0.15, 0.2) is 0 Å². The topological polar surface area (TPSA) is 15.3 Å². The molecule has 2 nitrogen and oxygen atoms in total. The molecular formula is C18H32N2. The average Bonchev–Trinajstić information content (AvgIpc) is 2.42. The van der Waals surface area contributed by atoms with E-state index in [2.05, 4.69) is 62.3 Å². The Morgan fingerprint density at radius 3 is 2.70 bits per heavy atom. The second-order valence-corrected chi connectivity index (χ2v) is 5.93. The average molecular weight is 276 g/mol. The fraction of sp³-hybridized carbons (Fsp3) is 0.667. The number of aryl methyl sites for hydroxylation is 1. The SMILES string of the molecule is CCCNC(CC)CCCN(C)Cc1cccc(C)c1. The monoisotopic (exact) mass is 276 g/mol. The molecule has 0 saturated carbocycles. The Labute approximate surface area is 125 Å². The lowest BCUT2D eigenvalue weighted by Crippen LogP contribution is -2.30. The summed E-state index contributed by atoms with van der Waals surface area (Å²) in [5.74, 6) is 0. The van der Waals surface area contributed by atoms with Gasteiger partial charge in [-0.05, 0) is 58.3 Å². The zero-order chi connectivity index (χ0) is 14.8. The van der Waals surface area contributed by atoms with Crippen molar-refractivity contribution >= 4 is 0 Å². The van der Waals surface area contributed by atoms with Crippen LogP contribution in [-0.2, 0) is 6.54 Å². The molecule has 0 radical (unpaired) electrons. The second kappa shape index (κ2) is 9.95. The quantitative estimate of drug-likeness (QED) is 0.695. The van der Waals surface area contributed by atoms with Crippen LogP contribution in [0.3, 0.4) is 0 Å². The molecule has 1 unspecified atom stereocenters. The minimum absolute atomic E-state index is 0.697. The molecule has 1 N–H and O–H groups in total. The number of benzene rings is 1. The van der Waals surface area contributed by atoms with Gasteiger partial charge in [-0.15, -0.1) is 0 Å². The molecule has 0 saturated heterocycles. The molecule has 0 aliphatic carbocycles. The summed E-state index contributed by atoms with van der Waals surface area (Å²) in [6, 6.07) is 9.52. The van der Waals surface area contributed by atoms with Gasteiger partial charge in [0, 0.05) is 12.6 Å². The van der Waals surface area contributed by atoms with Gasteiger partial charge in [0.05, 0.1) is 0 Å².